The van der Waals surface area contributed by atoms with Crippen LogP contribution in [0.4, 0.5) is 0 Å². The Bertz CT molecular complexity index is 513. The molecule has 0 aromatic heterocycles. The summed E-state index contributed by atoms with van der Waals surface area (Å²) in [5.41, 5.74) is 8.80. The number of benzene rings is 1. The number of nitrogens with one attached hydrogen (secondary N) is 1. The molecule has 0 saturated heterocycles. The molecule has 0 heterocycles. The van der Waals surface area contributed by atoms with Crippen molar-refractivity contribution >= 4 is 5.97 Å². The minimum absolute atomic E-state index is 0.0281. The molecule has 0 spiro atoms. The molecule has 7 nitrogen and oxygen atoms in total. The van der Waals surface area contributed by atoms with Crippen molar-refractivity contribution in [2.45, 2.75) is 32.4 Å². The lowest BCUT2D eigenvalue weighted by Crippen LogP contribution is -2.29. The number of ether oxygens (including phenoxy) is 1. The first-order valence-corrected chi connectivity index (χ1v) is 6.78. The summed E-state index contributed by atoms with van der Waals surface area (Å²) in [6.07, 6.45) is 0.607. The predicted molar refractivity (Wildman–Crippen MR) is 79.2 cm³/mol. The van der Waals surface area contributed by atoms with Crippen molar-refractivity contribution < 1.29 is 14.6 Å². The SMILES string of the molecule is CC(C)Oc1cccc(C(NCCCN=[N+]=[N-])C(=O)O)c1. The summed E-state index contributed by atoms with van der Waals surface area (Å²) in [4.78, 5) is 14.0. The van der Waals surface area contributed by atoms with E-state index in [1.165, 1.54) is 0 Å². The zero-order valence-corrected chi connectivity index (χ0v) is 12.2. The standard InChI is InChI=1S/C14H20N4O3/c1-10(2)21-12-6-3-5-11(9-12)13(14(19)20)16-7-4-8-17-18-15/h3,5-6,9-10,13,16H,4,7-8H2,1-2H3,(H,19,20). The van der Waals surface area contributed by atoms with Gasteiger partial charge in [0.05, 0.1) is 6.10 Å². The Morgan fingerprint density at radius 1 is 1.52 bits per heavy atom. The van der Waals surface area contributed by atoms with Gasteiger partial charge in [0.15, 0.2) is 0 Å². The van der Waals surface area contributed by atoms with Gasteiger partial charge in [-0.1, -0.05) is 17.2 Å². The fraction of sp³-hybridized carbons (Fsp3) is 0.500. The van der Waals surface area contributed by atoms with Crippen LogP contribution in [0.5, 0.6) is 5.75 Å². The van der Waals surface area contributed by atoms with Crippen molar-refractivity contribution in [2.24, 2.45) is 5.11 Å². The first kappa shape index (κ1) is 16.8. The predicted octanol–water partition coefficient (Wildman–Crippen LogP) is 2.89. The number of hydrogen-bond acceptors (Lipinski definition) is 4. The van der Waals surface area contributed by atoms with Gasteiger partial charge in [-0.15, -0.1) is 0 Å². The normalized spacial score (nSPS) is 11.8. The van der Waals surface area contributed by atoms with Crippen molar-refractivity contribution in [2.75, 3.05) is 13.1 Å². The van der Waals surface area contributed by atoms with Crippen LogP contribution < -0.4 is 10.1 Å². The molecule has 2 N–H and O–H groups in total. The number of rotatable bonds is 9. The first-order chi connectivity index (χ1) is 10.0. The molecule has 7 heteroatoms. The van der Waals surface area contributed by atoms with Crippen LogP contribution in [0.15, 0.2) is 29.4 Å². The van der Waals surface area contributed by atoms with Crippen LogP contribution in [0.2, 0.25) is 0 Å². The first-order valence-electron chi connectivity index (χ1n) is 6.78. The second-order valence-corrected chi connectivity index (χ2v) is 4.77. The fourth-order valence-corrected chi connectivity index (χ4v) is 1.83. The third-order valence-electron chi connectivity index (χ3n) is 2.66. The van der Waals surface area contributed by atoms with E-state index in [4.69, 9.17) is 10.3 Å². The zero-order chi connectivity index (χ0) is 15.7. The summed E-state index contributed by atoms with van der Waals surface area (Å²) in [5.74, 6) is -0.315. The number of nitrogens with zero attached hydrogens (tertiary/aromatic N) is 3. The van der Waals surface area contributed by atoms with Crippen molar-refractivity contribution in [1.29, 1.82) is 0 Å². The van der Waals surface area contributed by atoms with Gasteiger partial charge in [-0.2, -0.15) is 0 Å². The zero-order valence-electron chi connectivity index (χ0n) is 12.2. The van der Waals surface area contributed by atoms with Gasteiger partial charge >= 0.3 is 5.97 Å². The highest BCUT2D eigenvalue weighted by molar-refractivity contribution is 5.75. The summed E-state index contributed by atoms with van der Waals surface area (Å²) in [7, 11) is 0. The van der Waals surface area contributed by atoms with Gasteiger partial charge in [-0.3, -0.25) is 4.79 Å². The summed E-state index contributed by atoms with van der Waals surface area (Å²) in [6.45, 7) is 4.61. The van der Waals surface area contributed by atoms with Crippen LogP contribution in [0.25, 0.3) is 10.4 Å². The van der Waals surface area contributed by atoms with E-state index in [-0.39, 0.29) is 6.10 Å². The average molecular weight is 292 g/mol. The van der Waals surface area contributed by atoms with Crippen LogP contribution in [-0.4, -0.2) is 30.3 Å². The quantitative estimate of drug-likeness (QED) is 0.316. The van der Waals surface area contributed by atoms with E-state index in [9.17, 15) is 9.90 Å². The number of hydrogen-bond donors (Lipinski definition) is 2. The Balaban J connectivity index is 2.71. The summed E-state index contributed by atoms with van der Waals surface area (Å²) >= 11 is 0. The average Bonchev–Trinajstić information content (AvgIpc) is 2.42. The van der Waals surface area contributed by atoms with Gasteiger partial charge in [0.2, 0.25) is 0 Å². The Morgan fingerprint density at radius 3 is 2.90 bits per heavy atom. The lowest BCUT2D eigenvalue weighted by molar-refractivity contribution is -0.139. The van der Waals surface area contributed by atoms with Crippen molar-refractivity contribution in [1.82, 2.24) is 5.32 Å². The number of carboxylic acids is 1. The molecule has 0 aliphatic carbocycles. The molecule has 0 fully saturated rings. The molecule has 1 rings (SSSR count). The molecule has 0 aliphatic rings. The molecule has 1 aromatic carbocycles. The molecule has 1 unspecified atom stereocenters. The topological polar surface area (TPSA) is 107 Å². The lowest BCUT2D eigenvalue weighted by Gasteiger charge is -2.16. The third kappa shape index (κ3) is 6.16. The fourth-order valence-electron chi connectivity index (χ4n) is 1.83. The Hall–Kier alpha value is -2.24. The number of carboxylic acid groups (broad SMARTS) is 1. The van der Waals surface area contributed by atoms with Crippen LogP contribution in [-0.2, 0) is 4.79 Å². The Kier molecular flexibility index (Phi) is 7.08. The number of aliphatic carboxylic acids is 1. The summed E-state index contributed by atoms with van der Waals surface area (Å²) in [6, 6.07) is 6.21. The van der Waals surface area contributed by atoms with E-state index >= 15 is 0 Å². The van der Waals surface area contributed by atoms with Crippen LogP contribution in [0.3, 0.4) is 0 Å². The monoisotopic (exact) mass is 292 g/mol. The second-order valence-electron chi connectivity index (χ2n) is 4.77. The van der Waals surface area contributed by atoms with Crippen LogP contribution in [0.1, 0.15) is 31.9 Å². The maximum Gasteiger partial charge on any atom is 0.325 e. The maximum atomic E-state index is 11.4. The van der Waals surface area contributed by atoms with Gasteiger partial charge in [-0.05, 0) is 50.0 Å². The lowest BCUT2D eigenvalue weighted by atomic mass is 10.1. The van der Waals surface area contributed by atoms with E-state index in [0.29, 0.717) is 30.8 Å². The molecule has 0 amide bonds. The maximum absolute atomic E-state index is 11.4. The van der Waals surface area contributed by atoms with Crippen LogP contribution in [0, 0.1) is 0 Å². The highest BCUT2D eigenvalue weighted by Crippen LogP contribution is 2.20. The third-order valence-corrected chi connectivity index (χ3v) is 2.66. The van der Waals surface area contributed by atoms with Gasteiger partial charge < -0.3 is 15.2 Å². The van der Waals surface area contributed by atoms with Gasteiger partial charge in [-0.25, -0.2) is 0 Å². The molecule has 0 bridgehead atoms. The van der Waals surface area contributed by atoms with E-state index < -0.39 is 12.0 Å². The molecular formula is C14H20N4O3. The minimum atomic E-state index is -0.958. The van der Waals surface area contributed by atoms with E-state index in [1.54, 1.807) is 24.3 Å². The Labute approximate surface area is 123 Å². The van der Waals surface area contributed by atoms with Crippen molar-refractivity contribution in [3.05, 3.63) is 40.3 Å². The largest absolute Gasteiger partial charge is 0.491 e. The van der Waals surface area contributed by atoms with Gasteiger partial charge in [0.25, 0.3) is 0 Å². The molecule has 1 aromatic rings. The second kappa shape index (κ2) is 8.84. The number of carbonyl (C=O) groups is 1. The smallest absolute Gasteiger partial charge is 0.325 e. The van der Waals surface area contributed by atoms with E-state index in [2.05, 4.69) is 15.3 Å². The highest BCUT2D eigenvalue weighted by Gasteiger charge is 2.19. The molecular weight excluding hydrogens is 272 g/mol. The number of azide groups is 1. The molecule has 0 radical (unpaired) electrons. The summed E-state index contributed by atoms with van der Waals surface area (Å²) in [5, 5.41) is 15.7. The minimum Gasteiger partial charge on any atom is -0.491 e. The van der Waals surface area contributed by atoms with Gasteiger partial charge in [0, 0.05) is 11.5 Å². The van der Waals surface area contributed by atoms with Crippen molar-refractivity contribution in [3.63, 3.8) is 0 Å². The van der Waals surface area contributed by atoms with Gasteiger partial charge in [0.1, 0.15) is 11.8 Å². The molecule has 0 saturated carbocycles. The van der Waals surface area contributed by atoms with E-state index in [1.807, 2.05) is 13.8 Å². The van der Waals surface area contributed by atoms with Crippen LogP contribution >= 0.6 is 0 Å². The molecule has 21 heavy (non-hydrogen) atoms. The molecule has 114 valence electrons. The molecule has 0 aliphatic heterocycles. The summed E-state index contributed by atoms with van der Waals surface area (Å²) < 4.78 is 5.57. The Morgan fingerprint density at radius 2 is 2.29 bits per heavy atom. The van der Waals surface area contributed by atoms with Crippen molar-refractivity contribution in [3.8, 4) is 5.75 Å². The van der Waals surface area contributed by atoms with E-state index in [0.717, 1.165) is 0 Å². The molecule has 1 atom stereocenters. The highest BCUT2D eigenvalue weighted by atomic mass is 16.5.